The third-order valence-corrected chi connectivity index (χ3v) is 7.38. The summed E-state index contributed by atoms with van der Waals surface area (Å²) in [5.41, 5.74) is 2.25. The average molecular weight is 403 g/mol. The standard InChI is InChI=1S/C20H19FN2S3/c1-2-3-4-5-6-14-7-8-18(24-14)19-10-9-17(25-19)15-11-13(21)12-16-20(15)23-26-22-16/h7-12H,2-6H2,1H3. The Balaban J connectivity index is 1.56. The Bertz CT molecular complexity index is 1020. The Morgan fingerprint density at radius 2 is 1.69 bits per heavy atom. The lowest BCUT2D eigenvalue weighted by Gasteiger charge is -1.99. The molecule has 3 heterocycles. The normalized spacial score (nSPS) is 11.5. The molecule has 6 heteroatoms. The fourth-order valence-corrected chi connectivity index (χ4v) is 5.73. The van der Waals surface area contributed by atoms with E-state index in [1.807, 2.05) is 11.3 Å². The number of benzene rings is 1. The fourth-order valence-electron chi connectivity index (χ4n) is 3.03. The second-order valence-corrected chi connectivity index (χ2v) is 9.11. The lowest BCUT2D eigenvalue weighted by atomic mass is 10.1. The first-order valence-electron chi connectivity index (χ1n) is 8.85. The van der Waals surface area contributed by atoms with Crippen molar-refractivity contribution in [2.24, 2.45) is 0 Å². The molecular weight excluding hydrogens is 383 g/mol. The van der Waals surface area contributed by atoms with Gasteiger partial charge < -0.3 is 0 Å². The average Bonchev–Trinajstić information content (AvgIpc) is 3.36. The van der Waals surface area contributed by atoms with Crippen molar-refractivity contribution in [1.29, 1.82) is 0 Å². The number of thiophene rings is 2. The van der Waals surface area contributed by atoms with Crippen molar-refractivity contribution in [3.8, 4) is 20.2 Å². The second-order valence-electron chi connectivity index (χ2n) is 6.33. The van der Waals surface area contributed by atoms with E-state index in [-0.39, 0.29) is 5.82 Å². The molecule has 2 nitrogen and oxygen atoms in total. The van der Waals surface area contributed by atoms with Crippen LogP contribution >= 0.6 is 34.4 Å². The van der Waals surface area contributed by atoms with Gasteiger partial charge in [-0.15, -0.1) is 22.7 Å². The Morgan fingerprint density at radius 3 is 2.58 bits per heavy atom. The van der Waals surface area contributed by atoms with Gasteiger partial charge >= 0.3 is 0 Å². The molecule has 0 unspecified atom stereocenters. The molecule has 0 aliphatic rings. The zero-order valence-electron chi connectivity index (χ0n) is 14.5. The number of nitrogens with zero attached hydrogens (tertiary/aromatic N) is 2. The molecule has 0 aliphatic heterocycles. The fraction of sp³-hybridized carbons (Fsp3) is 0.300. The first-order chi connectivity index (χ1) is 12.7. The summed E-state index contributed by atoms with van der Waals surface area (Å²) < 4.78 is 22.4. The van der Waals surface area contributed by atoms with E-state index in [4.69, 9.17) is 0 Å². The van der Waals surface area contributed by atoms with Crippen LogP contribution in [-0.2, 0) is 6.42 Å². The quantitative estimate of drug-likeness (QED) is 0.301. The molecule has 0 aliphatic carbocycles. The van der Waals surface area contributed by atoms with Gasteiger partial charge in [0.1, 0.15) is 16.9 Å². The predicted molar refractivity (Wildman–Crippen MR) is 112 cm³/mol. The Morgan fingerprint density at radius 1 is 0.885 bits per heavy atom. The van der Waals surface area contributed by atoms with Crippen molar-refractivity contribution in [2.45, 2.75) is 39.0 Å². The zero-order valence-corrected chi connectivity index (χ0v) is 16.9. The van der Waals surface area contributed by atoms with E-state index in [0.717, 1.165) is 34.1 Å². The number of hydrogen-bond acceptors (Lipinski definition) is 5. The smallest absolute Gasteiger partial charge is 0.126 e. The van der Waals surface area contributed by atoms with E-state index in [1.165, 1.54) is 46.4 Å². The molecule has 4 aromatic rings. The van der Waals surface area contributed by atoms with Crippen LogP contribution in [0.15, 0.2) is 36.4 Å². The third-order valence-electron chi connectivity index (χ3n) is 4.38. The number of hydrogen-bond donors (Lipinski definition) is 0. The summed E-state index contributed by atoms with van der Waals surface area (Å²) in [5, 5.41) is 0. The molecule has 0 radical (unpaired) electrons. The molecule has 0 bridgehead atoms. The van der Waals surface area contributed by atoms with Gasteiger partial charge in [0.15, 0.2) is 0 Å². The van der Waals surface area contributed by atoms with Crippen LogP contribution in [0.25, 0.3) is 31.2 Å². The van der Waals surface area contributed by atoms with E-state index in [2.05, 4.69) is 39.9 Å². The van der Waals surface area contributed by atoms with E-state index in [0.29, 0.717) is 5.52 Å². The lowest BCUT2D eigenvalue weighted by molar-refractivity contribution is 0.630. The summed E-state index contributed by atoms with van der Waals surface area (Å²) in [4.78, 5) is 5.00. The first kappa shape index (κ1) is 17.8. The van der Waals surface area contributed by atoms with Gasteiger partial charge in [0.2, 0.25) is 0 Å². The van der Waals surface area contributed by atoms with Gasteiger partial charge in [-0.25, -0.2) is 4.39 Å². The summed E-state index contributed by atoms with van der Waals surface area (Å²) in [6, 6.07) is 11.7. The number of aromatic nitrogens is 2. The minimum Gasteiger partial charge on any atom is -0.207 e. The van der Waals surface area contributed by atoms with Gasteiger partial charge in [-0.3, -0.25) is 0 Å². The maximum atomic E-state index is 13.9. The largest absolute Gasteiger partial charge is 0.207 e. The van der Waals surface area contributed by atoms with E-state index >= 15 is 0 Å². The van der Waals surface area contributed by atoms with E-state index in [1.54, 1.807) is 17.4 Å². The van der Waals surface area contributed by atoms with Gasteiger partial charge in [-0.05, 0) is 43.2 Å². The molecule has 0 fully saturated rings. The maximum absolute atomic E-state index is 13.9. The van der Waals surface area contributed by atoms with Crippen LogP contribution in [0.5, 0.6) is 0 Å². The summed E-state index contributed by atoms with van der Waals surface area (Å²) in [5.74, 6) is -0.263. The molecule has 134 valence electrons. The van der Waals surface area contributed by atoms with Crippen molar-refractivity contribution >= 4 is 45.4 Å². The summed E-state index contributed by atoms with van der Waals surface area (Å²) in [6.45, 7) is 2.24. The summed E-state index contributed by atoms with van der Waals surface area (Å²) in [7, 11) is 0. The van der Waals surface area contributed by atoms with Crippen LogP contribution in [0.1, 0.15) is 37.5 Å². The number of halogens is 1. The zero-order chi connectivity index (χ0) is 17.9. The molecular formula is C20H19FN2S3. The number of aryl methyl sites for hydroxylation is 1. The molecule has 0 atom stereocenters. The molecule has 26 heavy (non-hydrogen) atoms. The number of fused-ring (bicyclic) bond motifs is 1. The molecule has 0 spiro atoms. The Hall–Kier alpha value is -1.63. The topological polar surface area (TPSA) is 25.8 Å². The molecule has 0 N–H and O–H groups in total. The highest BCUT2D eigenvalue weighted by Crippen LogP contribution is 2.40. The monoisotopic (exact) mass is 402 g/mol. The van der Waals surface area contributed by atoms with E-state index < -0.39 is 0 Å². The van der Waals surface area contributed by atoms with Crippen LogP contribution in [0, 0.1) is 5.82 Å². The highest BCUT2D eigenvalue weighted by molar-refractivity contribution is 7.24. The van der Waals surface area contributed by atoms with Crippen molar-refractivity contribution in [3.05, 3.63) is 47.1 Å². The lowest BCUT2D eigenvalue weighted by Crippen LogP contribution is -1.81. The van der Waals surface area contributed by atoms with Crippen molar-refractivity contribution < 1.29 is 4.39 Å². The predicted octanol–water partition coefficient (Wildman–Crippen LogP) is 7.41. The van der Waals surface area contributed by atoms with Crippen LogP contribution in [0.4, 0.5) is 4.39 Å². The van der Waals surface area contributed by atoms with Gasteiger partial charge in [0, 0.05) is 31.1 Å². The van der Waals surface area contributed by atoms with Crippen LogP contribution in [-0.4, -0.2) is 8.75 Å². The van der Waals surface area contributed by atoms with Gasteiger partial charge in [-0.2, -0.15) is 8.75 Å². The summed E-state index contributed by atoms with van der Waals surface area (Å²) >= 11 is 4.69. The van der Waals surface area contributed by atoms with E-state index in [9.17, 15) is 4.39 Å². The SMILES string of the molecule is CCCCCCc1ccc(-c2ccc(-c3cc(F)cc4nsnc34)s2)s1. The van der Waals surface area contributed by atoms with Crippen LogP contribution in [0.3, 0.4) is 0 Å². The molecule has 0 saturated carbocycles. The molecule has 1 aromatic carbocycles. The summed E-state index contributed by atoms with van der Waals surface area (Å²) in [6.07, 6.45) is 6.33. The van der Waals surface area contributed by atoms with Crippen molar-refractivity contribution in [2.75, 3.05) is 0 Å². The Kier molecular flexibility index (Phi) is 5.43. The molecule has 0 amide bonds. The van der Waals surface area contributed by atoms with Gasteiger partial charge in [0.05, 0.1) is 11.7 Å². The molecule has 0 saturated heterocycles. The minimum atomic E-state index is -0.263. The molecule has 3 aromatic heterocycles. The first-order valence-corrected chi connectivity index (χ1v) is 11.2. The van der Waals surface area contributed by atoms with Gasteiger partial charge in [-0.1, -0.05) is 26.2 Å². The highest BCUT2D eigenvalue weighted by atomic mass is 32.1. The third kappa shape index (κ3) is 3.72. The second kappa shape index (κ2) is 7.94. The van der Waals surface area contributed by atoms with Gasteiger partial charge in [0.25, 0.3) is 0 Å². The molecule has 4 rings (SSSR count). The van der Waals surface area contributed by atoms with Crippen molar-refractivity contribution in [1.82, 2.24) is 8.75 Å². The minimum absolute atomic E-state index is 0.263. The number of unbranched alkanes of at least 4 members (excludes halogenated alkanes) is 3. The Labute approximate surface area is 164 Å². The van der Waals surface area contributed by atoms with Crippen LogP contribution < -0.4 is 0 Å². The number of rotatable bonds is 7. The maximum Gasteiger partial charge on any atom is 0.126 e. The van der Waals surface area contributed by atoms with Crippen molar-refractivity contribution in [3.63, 3.8) is 0 Å². The van der Waals surface area contributed by atoms with Crippen LogP contribution in [0.2, 0.25) is 0 Å². The highest BCUT2D eigenvalue weighted by Gasteiger charge is 2.13.